The summed E-state index contributed by atoms with van der Waals surface area (Å²) >= 11 is 0. The highest BCUT2D eigenvalue weighted by Gasteiger charge is 2.90. The van der Waals surface area contributed by atoms with Crippen LogP contribution in [0.15, 0.2) is 24.3 Å². The van der Waals surface area contributed by atoms with Gasteiger partial charge in [-0.05, 0) is 31.4 Å². The largest absolute Gasteiger partial charge is 0.458 e. The van der Waals surface area contributed by atoms with Crippen LogP contribution in [0.4, 0.5) is 5.69 Å². The number of para-hydroxylation sites is 1. The smallest absolute Gasteiger partial charge is 0.303 e. The van der Waals surface area contributed by atoms with Gasteiger partial charge in [-0.15, -0.1) is 0 Å². The number of benzene rings is 1. The van der Waals surface area contributed by atoms with Crippen molar-refractivity contribution in [3.8, 4) is 0 Å². The summed E-state index contributed by atoms with van der Waals surface area (Å²) in [5.41, 5.74) is 0.147. The van der Waals surface area contributed by atoms with Crippen LogP contribution in [0.3, 0.4) is 0 Å². The van der Waals surface area contributed by atoms with Gasteiger partial charge in [0.2, 0.25) is 11.8 Å². The lowest BCUT2D eigenvalue weighted by Crippen LogP contribution is -2.54. The fraction of sp³-hybridized carbons (Fsp3) is 0.609. The van der Waals surface area contributed by atoms with Crippen molar-refractivity contribution in [2.45, 2.75) is 74.7 Å². The topological polar surface area (TPSA) is 88.7 Å². The Balaban J connectivity index is 1.38. The van der Waals surface area contributed by atoms with Crippen molar-refractivity contribution in [1.82, 2.24) is 4.90 Å². The number of rotatable bonds is 2. The van der Waals surface area contributed by atoms with Gasteiger partial charge < -0.3 is 24.0 Å². The van der Waals surface area contributed by atoms with E-state index in [1.807, 2.05) is 41.0 Å². The van der Waals surface area contributed by atoms with E-state index in [1.54, 1.807) is 0 Å². The van der Waals surface area contributed by atoms with E-state index in [0.29, 0.717) is 12.8 Å². The van der Waals surface area contributed by atoms with E-state index in [9.17, 15) is 14.4 Å². The molecule has 5 saturated heterocycles. The predicted molar refractivity (Wildman–Crippen MR) is 106 cm³/mol. The Bertz CT molecular complexity index is 1060. The Labute approximate surface area is 179 Å². The molecule has 1 aromatic carbocycles. The van der Waals surface area contributed by atoms with Gasteiger partial charge in [-0.1, -0.05) is 18.2 Å². The number of nitrogens with zero attached hydrogens (tertiary/aromatic N) is 2. The van der Waals surface area contributed by atoms with E-state index >= 15 is 0 Å². The third kappa shape index (κ3) is 1.93. The molecule has 6 aliphatic rings. The lowest BCUT2D eigenvalue weighted by atomic mass is 9.70. The molecule has 8 nitrogen and oxygen atoms in total. The lowest BCUT2D eigenvalue weighted by molar-refractivity contribution is -0.163. The Morgan fingerprint density at radius 3 is 2.77 bits per heavy atom. The monoisotopic (exact) mass is 424 g/mol. The minimum absolute atomic E-state index is 0.0763. The summed E-state index contributed by atoms with van der Waals surface area (Å²) in [6.45, 7) is 3.99. The number of esters is 1. The van der Waals surface area contributed by atoms with E-state index in [-0.39, 0.29) is 36.1 Å². The number of hydrogen-bond acceptors (Lipinski definition) is 6. The van der Waals surface area contributed by atoms with Gasteiger partial charge in [0.1, 0.15) is 35.4 Å². The van der Waals surface area contributed by atoms with Crippen molar-refractivity contribution in [3.63, 3.8) is 0 Å². The van der Waals surface area contributed by atoms with E-state index in [1.165, 1.54) is 6.92 Å². The van der Waals surface area contributed by atoms with Gasteiger partial charge in [0.05, 0.1) is 12.1 Å². The van der Waals surface area contributed by atoms with Crippen LogP contribution in [-0.4, -0.2) is 64.8 Å². The molecule has 31 heavy (non-hydrogen) atoms. The van der Waals surface area contributed by atoms with Gasteiger partial charge in [-0.2, -0.15) is 0 Å². The number of carbonyl (C=O) groups is 3. The molecule has 6 aliphatic heterocycles. The molecule has 1 spiro atoms. The third-order valence-corrected chi connectivity index (χ3v) is 8.37. The molecular formula is C23H24N2O6. The van der Waals surface area contributed by atoms with Crippen molar-refractivity contribution >= 4 is 23.5 Å². The molecule has 162 valence electrons. The minimum Gasteiger partial charge on any atom is -0.458 e. The molecule has 0 radical (unpaired) electrons. The maximum absolute atomic E-state index is 13.9. The van der Waals surface area contributed by atoms with Gasteiger partial charge >= 0.3 is 5.97 Å². The average molecular weight is 424 g/mol. The van der Waals surface area contributed by atoms with E-state index < -0.39 is 29.2 Å². The Hall–Kier alpha value is -2.45. The lowest BCUT2D eigenvalue weighted by Gasteiger charge is -2.44. The maximum Gasteiger partial charge on any atom is 0.303 e. The summed E-state index contributed by atoms with van der Waals surface area (Å²) in [7, 11) is 0. The van der Waals surface area contributed by atoms with Crippen LogP contribution in [0.2, 0.25) is 0 Å². The van der Waals surface area contributed by atoms with Crippen molar-refractivity contribution in [3.05, 3.63) is 29.8 Å². The fourth-order valence-electron chi connectivity index (χ4n) is 7.27. The highest BCUT2D eigenvalue weighted by Crippen LogP contribution is 2.70. The number of likely N-dealkylation sites (tertiary alicyclic amines) is 1. The number of fused-ring (bicyclic) bond motifs is 6. The van der Waals surface area contributed by atoms with Crippen LogP contribution in [0, 0.1) is 5.92 Å². The van der Waals surface area contributed by atoms with Crippen molar-refractivity contribution in [1.29, 1.82) is 0 Å². The number of ether oxygens (including phenoxy) is 3. The van der Waals surface area contributed by atoms with E-state index in [2.05, 4.69) is 0 Å². The van der Waals surface area contributed by atoms with E-state index in [4.69, 9.17) is 14.2 Å². The second-order valence-corrected chi connectivity index (χ2v) is 9.85. The molecule has 0 aliphatic carbocycles. The summed E-state index contributed by atoms with van der Waals surface area (Å²) < 4.78 is 18.4. The molecule has 8 atom stereocenters. The summed E-state index contributed by atoms with van der Waals surface area (Å²) in [5.74, 6) is -0.939. The first-order valence-corrected chi connectivity index (χ1v) is 11.1. The molecular weight excluding hydrogens is 400 g/mol. The molecule has 0 unspecified atom stereocenters. The number of epoxide rings is 1. The first kappa shape index (κ1) is 18.2. The highest BCUT2D eigenvalue weighted by molar-refractivity contribution is 6.03. The van der Waals surface area contributed by atoms with Crippen molar-refractivity contribution < 1.29 is 28.6 Å². The molecule has 8 heteroatoms. The molecule has 7 rings (SSSR count). The van der Waals surface area contributed by atoms with E-state index in [0.717, 1.165) is 24.2 Å². The summed E-state index contributed by atoms with van der Waals surface area (Å²) in [6, 6.07) is 7.47. The van der Waals surface area contributed by atoms with Crippen molar-refractivity contribution in [2.24, 2.45) is 5.92 Å². The summed E-state index contributed by atoms with van der Waals surface area (Å²) in [6.07, 6.45) is 0.983. The van der Waals surface area contributed by atoms with Gasteiger partial charge in [0.15, 0.2) is 0 Å². The number of amides is 2. The number of carbonyl (C=O) groups excluding carboxylic acids is 3. The normalized spacial score (nSPS) is 46.0. The second kappa shape index (κ2) is 5.48. The minimum atomic E-state index is -0.856. The molecule has 2 bridgehead atoms. The SMILES string of the molecule is CC(=O)O[C@H]1[C@H]2C(=O)N3c4ccccc4[C@@H](N4CCCC4=O)C[C@H]3[C@@]23O[C@]1(C)[C@@H]1O[C@@H]13. The highest BCUT2D eigenvalue weighted by atomic mass is 16.7. The van der Waals surface area contributed by atoms with Crippen LogP contribution >= 0.6 is 0 Å². The van der Waals surface area contributed by atoms with Gasteiger partial charge in [-0.3, -0.25) is 14.4 Å². The molecule has 0 N–H and O–H groups in total. The molecule has 0 aromatic heterocycles. The van der Waals surface area contributed by atoms with Crippen molar-refractivity contribution in [2.75, 3.05) is 11.4 Å². The third-order valence-electron chi connectivity index (χ3n) is 8.37. The zero-order chi connectivity index (χ0) is 21.3. The number of anilines is 1. The van der Waals surface area contributed by atoms with Gasteiger partial charge in [0, 0.05) is 25.6 Å². The number of hydrogen-bond donors (Lipinski definition) is 0. The van der Waals surface area contributed by atoms with Gasteiger partial charge in [-0.25, -0.2) is 0 Å². The molecule has 0 saturated carbocycles. The zero-order valence-corrected chi connectivity index (χ0v) is 17.4. The van der Waals surface area contributed by atoms with Crippen LogP contribution < -0.4 is 4.90 Å². The van der Waals surface area contributed by atoms with Crippen LogP contribution in [0.1, 0.15) is 44.7 Å². The maximum atomic E-state index is 13.9. The fourth-order valence-corrected chi connectivity index (χ4v) is 7.27. The van der Waals surface area contributed by atoms with Crippen LogP contribution in [0.5, 0.6) is 0 Å². The summed E-state index contributed by atoms with van der Waals surface area (Å²) in [4.78, 5) is 42.3. The molecule has 5 fully saturated rings. The quantitative estimate of drug-likeness (QED) is 0.526. The average Bonchev–Trinajstić information content (AvgIpc) is 3.23. The molecule has 1 aromatic rings. The van der Waals surface area contributed by atoms with Crippen LogP contribution in [-0.2, 0) is 28.6 Å². The Morgan fingerprint density at radius 2 is 2.03 bits per heavy atom. The molecule has 2 amide bonds. The standard InChI is InChI=1S/C23H24N2O6/c1-11(26)29-18-17-21(28)25-13-7-4-3-6-12(13)14(24-9-5-8-16(24)27)10-15(25)23(17)20-19(30-20)22(18,2)31-23/h3-4,6-7,14-15,17-20H,5,8-10H2,1-2H3/t14-,15-,17-,18-,19+,20-,22-,23+/m0/s1. The van der Waals surface area contributed by atoms with Crippen LogP contribution in [0.25, 0.3) is 0 Å². The summed E-state index contributed by atoms with van der Waals surface area (Å²) in [5, 5.41) is 0. The second-order valence-electron chi connectivity index (χ2n) is 9.85. The van der Waals surface area contributed by atoms with Gasteiger partial charge in [0.25, 0.3) is 0 Å². The zero-order valence-electron chi connectivity index (χ0n) is 17.4. The molecule has 6 heterocycles. The first-order valence-electron chi connectivity index (χ1n) is 11.1. The Morgan fingerprint density at radius 1 is 1.23 bits per heavy atom. The Kier molecular flexibility index (Phi) is 3.21. The predicted octanol–water partition coefficient (Wildman–Crippen LogP) is 1.33. The first-order chi connectivity index (χ1) is 14.9.